The van der Waals surface area contributed by atoms with Crippen molar-refractivity contribution in [3.05, 3.63) is 59.9 Å². The zero-order chi connectivity index (χ0) is 16.2. The molecule has 0 saturated carbocycles. The van der Waals surface area contributed by atoms with Gasteiger partial charge in [0.25, 0.3) is 0 Å². The predicted octanol–water partition coefficient (Wildman–Crippen LogP) is 3.49. The monoisotopic (exact) mass is 313 g/mol. The summed E-state index contributed by atoms with van der Waals surface area (Å²) < 4.78 is 13.6. The molecule has 1 saturated heterocycles. The maximum absolute atomic E-state index is 13.6. The molecule has 2 aromatic carbocycles. The number of hydrogen-bond donors (Lipinski definition) is 1. The van der Waals surface area contributed by atoms with Gasteiger partial charge >= 0.3 is 6.03 Å². The minimum Gasteiger partial charge on any atom is -0.368 e. The largest absolute Gasteiger partial charge is 0.368 e. The molecule has 2 amide bonds. The van der Waals surface area contributed by atoms with E-state index in [4.69, 9.17) is 0 Å². The van der Waals surface area contributed by atoms with Crippen LogP contribution in [-0.4, -0.2) is 37.1 Å². The highest BCUT2D eigenvalue weighted by molar-refractivity contribution is 5.89. The number of hydrogen-bond acceptors (Lipinski definition) is 2. The van der Waals surface area contributed by atoms with Crippen LogP contribution in [0.3, 0.4) is 0 Å². The summed E-state index contributed by atoms with van der Waals surface area (Å²) >= 11 is 0. The summed E-state index contributed by atoms with van der Waals surface area (Å²) in [6.07, 6.45) is 0. The van der Waals surface area contributed by atoms with Crippen molar-refractivity contribution in [2.24, 2.45) is 0 Å². The third kappa shape index (κ3) is 3.62. The summed E-state index contributed by atoms with van der Waals surface area (Å²) in [5, 5.41) is 2.64. The highest BCUT2D eigenvalue weighted by Gasteiger charge is 2.21. The maximum atomic E-state index is 13.6. The van der Waals surface area contributed by atoms with E-state index in [9.17, 15) is 9.18 Å². The summed E-state index contributed by atoms with van der Waals surface area (Å²) in [6.45, 7) is 4.85. The SMILES string of the molecule is Cc1cccc(N2CCN(C(=O)Nc3ccccc3F)CC2)c1. The van der Waals surface area contributed by atoms with Crippen molar-refractivity contribution in [2.75, 3.05) is 36.4 Å². The number of rotatable bonds is 2. The summed E-state index contributed by atoms with van der Waals surface area (Å²) in [7, 11) is 0. The number of carbonyl (C=O) groups is 1. The lowest BCUT2D eigenvalue weighted by Gasteiger charge is -2.36. The third-order valence-electron chi connectivity index (χ3n) is 4.05. The number of para-hydroxylation sites is 1. The Balaban J connectivity index is 1.58. The molecule has 0 unspecified atom stereocenters. The molecular formula is C18H20FN3O. The standard InChI is InChI=1S/C18H20FN3O/c1-14-5-4-6-15(13-14)21-9-11-22(12-10-21)18(23)20-17-8-3-2-7-16(17)19/h2-8,13H,9-12H2,1H3,(H,20,23). The summed E-state index contributed by atoms with van der Waals surface area (Å²) in [4.78, 5) is 16.2. The van der Waals surface area contributed by atoms with E-state index in [1.165, 1.54) is 17.3 Å². The van der Waals surface area contributed by atoms with Gasteiger partial charge in [0.2, 0.25) is 0 Å². The number of nitrogens with one attached hydrogen (secondary N) is 1. The van der Waals surface area contributed by atoms with Gasteiger partial charge in [0.1, 0.15) is 5.82 Å². The molecule has 4 nitrogen and oxygen atoms in total. The topological polar surface area (TPSA) is 35.6 Å². The fraction of sp³-hybridized carbons (Fsp3) is 0.278. The number of anilines is 2. The second-order valence-electron chi connectivity index (χ2n) is 5.72. The Labute approximate surface area is 135 Å². The fourth-order valence-electron chi connectivity index (χ4n) is 2.75. The van der Waals surface area contributed by atoms with Crippen molar-refractivity contribution in [3.8, 4) is 0 Å². The number of nitrogens with zero attached hydrogens (tertiary/aromatic N) is 2. The van der Waals surface area contributed by atoms with Gasteiger partial charge in [0, 0.05) is 31.9 Å². The molecule has 1 fully saturated rings. The summed E-state index contributed by atoms with van der Waals surface area (Å²) in [6, 6.07) is 14.3. The van der Waals surface area contributed by atoms with Crippen molar-refractivity contribution in [3.63, 3.8) is 0 Å². The van der Waals surface area contributed by atoms with Crippen LogP contribution in [0.4, 0.5) is 20.6 Å². The van der Waals surface area contributed by atoms with Gasteiger partial charge in [-0.15, -0.1) is 0 Å². The molecule has 1 aliphatic heterocycles. The van der Waals surface area contributed by atoms with E-state index in [0.29, 0.717) is 13.1 Å². The van der Waals surface area contributed by atoms with Gasteiger partial charge in [0.05, 0.1) is 5.69 Å². The van der Waals surface area contributed by atoms with Gasteiger partial charge in [-0.25, -0.2) is 9.18 Å². The van der Waals surface area contributed by atoms with E-state index in [1.807, 2.05) is 6.07 Å². The van der Waals surface area contributed by atoms with Gasteiger partial charge in [-0.05, 0) is 36.8 Å². The maximum Gasteiger partial charge on any atom is 0.322 e. The van der Waals surface area contributed by atoms with Crippen LogP contribution in [0.25, 0.3) is 0 Å². The molecule has 120 valence electrons. The van der Waals surface area contributed by atoms with Crippen LogP contribution in [0.1, 0.15) is 5.56 Å². The van der Waals surface area contributed by atoms with E-state index < -0.39 is 5.82 Å². The number of urea groups is 1. The lowest BCUT2D eigenvalue weighted by molar-refractivity contribution is 0.208. The molecule has 5 heteroatoms. The third-order valence-corrected chi connectivity index (χ3v) is 4.05. The molecule has 1 heterocycles. The zero-order valence-corrected chi connectivity index (χ0v) is 13.1. The molecule has 0 bridgehead atoms. The van der Waals surface area contributed by atoms with Crippen LogP contribution in [-0.2, 0) is 0 Å². The van der Waals surface area contributed by atoms with Crippen LogP contribution in [0.2, 0.25) is 0 Å². The highest BCUT2D eigenvalue weighted by Crippen LogP contribution is 2.19. The van der Waals surface area contributed by atoms with Crippen LogP contribution in [0, 0.1) is 12.7 Å². The van der Waals surface area contributed by atoms with E-state index in [-0.39, 0.29) is 11.7 Å². The average Bonchev–Trinajstić information content (AvgIpc) is 2.57. The molecule has 0 aromatic heterocycles. The smallest absolute Gasteiger partial charge is 0.322 e. The van der Waals surface area contributed by atoms with Crippen molar-refractivity contribution in [2.45, 2.75) is 6.92 Å². The normalized spacial score (nSPS) is 14.7. The second-order valence-corrected chi connectivity index (χ2v) is 5.72. The van der Waals surface area contributed by atoms with Crippen molar-refractivity contribution in [1.82, 2.24) is 4.90 Å². The number of benzene rings is 2. The van der Waals surface area contributed by atoms with Gasteiger partial charge in [-0.2, -0.15) is 0 Å². The Morgan fingerprint density at radius 1 is 1.04 bits per heavy atom. The van der Waals surface area contributed by atoms with Crippen LogP contribution >= 0.6 is 0 Å². The molecule has 1 N–H and O–H groups in total. The minimum absolute atomic E-state index is 0.221. The molecule has 1 aliphatic rings. The van der Waals surface area contributed by atoms with Gasteiger partial charge in [0.15, 0.2) is 0 Å². The molecule has 3 rings (SSSR count). The first-order valence-corrected chi connectivity index (χ1v) is 7.75. The molecule has 23 heavy (non-hydrogen) atoms. The first-order chi connectivity index (χ1) is 11.1. The van der Waals surface area contributed by atoms with E-state index in [2.05, 4.69) is 35.3 Å². The summed E-state index contributed by atoms with van der Waals surface area (Å²) in [5.41, 5.74) is 2.63. The van der Waals surface area contributed by atoms with Crippen LogP contribution in [0.15, 0.2) is 48.5 Å². The second kappa shape index (κ2) is 6.69. The number of amides is 2. The number of halogens is 1. The lowest BCUT2D eigenvalue weighted by atomic mass is 10.2. The highest BCUT2D eigenvalue weighted by atomic mass is 19.1. The number of piperazine rings is 1. The number of carbonyl (C=O) groups excluding carboxylic acids is 1. The lowest BCUT2D eigenvalue weighted by Crippen LogP contribution is -2.50. The number of aryl methyl sites for hydroxylation is 1. The van der Waals surface area contributed by atoms with Gasteiger partial charge < -0.3 is 15.1 Å². The van der Waals surface area contributed by atoms with E-state index >= 15 is 0 Å². The Hall–Kier alpha value is -2.56. The van der Waals surface area contributed by atoms with Crippen LogP contribution in [0.5, 0.6) is 0 Å². The molecular weight excluding hydrogens is 293 g/mol. The Kier molecular flexibility index (Phi) is 4.46. The quantitative estimate of drug-likeness (QED) is 0.921. The van der Waals surface area contributed by atoms with Crippen molar-refractivity contribution in [1.29, 1.82) is 0 Å². The van der Waals surface area contributed by atoms with E-state index in [0.717, 1.165) is 13.1 Å². The minimum atomic E-state index is -0.417. The van der Waals surface area contributed by atoms with Crippen molar-refractivity contribution < 1.29 is 9.18 Å². The molecule has 0 radical (unpaired) electrons. The average molecular weight is 313 g/mol. The van der Waals surface area contributed by atoms with Gasteiger partial charge in [-0.1, -0.05) is 24.3 Å². The van der Waals surface area contributed by atoms with E-state index in [1.54, 1.807) is 23.1 Å². The molecule has 2 aromatic rings. The molecule has 0 aliphatic carbocycles. The van der Waals surface area contributed by atoms with Crippen molar-refractivity contribution >= 4 is 17.4 Å². The summed E-state index contributed by atoms with van der Waals surface area (Å²) in [5.74, 6) is -0.417. The predicted molar refractivity (Wildman–Crippen MR) is 90.4 cm³/mol. The van der Waals surface area contributed by atoms with Crippen LogP contribution < -0.4 is 10.2 Å². The zero-order valence-electron chi connectivity index (χ0n) is 13.1. The Morgan fingerprint density at radius 3 is 2.48 bits per heavy atom. The fourth-order valence-corrected chi connectivity index (χ4v) is 2.75. The first kappa shape index (κ1) is 15.3. The van der Waals surface area contributed by atoms with Gasteiger partial charge in [-0.3, -0.25) is 0 Å². The Morgan fingerprint density at radius 2 is 1.78 bits per heavy atom. The Bertz CT molecular complexity index is 696. The molecule has 0 atom stereocenters. The first-order valence-electron chi connectivity index (χ1n) is 7.75. The molecule has 0 spiro atoms.